The van der Waals surface area contributed by atoms with Crippen molar-refractivity contribution in [3.63, 3.8) is 0 Å². The molecule has 2 rings (SSSR count). The predicted octanol–water partition coefficient (Wildman–Crippen LogP) is 3.42. The van der Waals surface area contributed by atoms with E-state index in [2.05, 4.69) is 11.4 Å². The lowest BCUT2D eigenvalue weighted by Gasteiger charge is -2.09. The Hall–Kier alpha value is -1.35. The van der Waals surface area contributed by atoms with Gasteiger partial charge in [-0.15, -0.1) is 0 Å². The van der Waals surface area contributed by atoms with E-state index < -0.39 is 0 Å². The molecule has 0 atom stereocenters. The highest BCUT2D eigenvalue weighted by Crippen LogP contribution is 2.21. The number of hydrogen-bond donors (Lipinski definition) is 1. The van der Waals surface area contributed by atoms with Crippen LogP contribution in [-0.2, 0) is 6.54 Å². The third kappa shape index (κ3) is 3.33. The molecule has 0 bridgehead atoms. The van der Waals surface area contributed by atoms with Crippen LogP contribution in [0.3, 0.4) is 0 Å². The monoisotopic (exact) mass is 249 g/mol. The zero-order valence-corrected chi connectivity index (χ0v) is 10.8. The molecular weight excluding hydrogens is 229 g/mol. The molecule has 0 amide bonds. The van der Waals surface area contributed by atoms with Crippen molar-refractivity contribution in [1.82, 2.24) is 5.32 Å². The van der Waals surface area contributed by atoms with Crippen LogP contribution in [0.1, 0.15) is 31.2 Å². The molecule has 1 N–H and O–H groups in total. The summed E-state index contributed by atoms with van der Waals surface area (Å²) in [6.45, 7) is 1.46. The van der Waals surface area contributed by atoms with E-state index >= 15 is 0 Å². The smallest absolute Gasteiger partial charge is 0.169 e. The standard InChI is InChI=1S/C15H20FNO/c1-18-14-8-4-7-13(15(14)16)11-17-10-9-12-5-2-3-6-12/h4-5,7-8,17H,2-3,6,9-11H2,1H3. The van der Waals surface area contributed by atoms with Gasteiger partial charge in [-0.05, 0) is 38.3 Å². The Bertz CT molecular complexity index is 429. The largest absolute Gasteiger partial charge is 0.494 e. The molecule has 1 aliphatic carbocycles. The van der Waals surface area contributed by atoms with Crippen molar-refractivity contribution < 1.29 is 9.13 Å². The number of ether oxygens (including phenoxy) is 1. The van der Waals surface area contributed by atoms with Gasteiger partial charge in [-0.25, -0.2) is 4.39 Å². The Balaban J connectivity index is 1.79. The van der Waals surface area contributed by atoms with Crippen LogP contribution in [0.2, 0.25) is 0 Å². The third-order valence-electron chi connectivity index (χ3n) is 3.34. The first-order valence-electron chi connectivity index (χ1n) is 6.51. The van der Waals surface area contributed by atoms with Crippen LogP contribution in [0.25, 0.3) is 0 Å². The predicted molar refractivity (Wildman–Crippen MR) is 71.2 cm³/mol. The van der Waals surface area contributed by atoms with E-state index in [0.717, 1.165) is 13.0 Å². The molecule has 0 saturated carbocycles. The van der Waals surface area contributed by atoms with E-state index in [9.17, 15) is 4.39 Å². The van der Waals surface area contributed by atoms with Gasteiger partial charge in [0.15, 0.2) is 11.6 Å². The number of hydrogen-bond acceptors (Lipinski definition) is 2. The molecule has 1 aliphatic rings. The topological polar surface area (TPSA) is 21.3 Å². The van der Waals surface area contributed by atoms with Crippen LogP contribution in [-0.4, -0.2) is 13.7 Å². The summed E-state index contributed by atoms with van der Waals surface area (Å²) in [6.07, 6.45) is 7.15. The fourth-order valence-corrected chi connectivity index (χ4v) is 2.29. The second kappa shape index (κ2) is 6.55. The highest BCUT2D eigenvalue weighted by molar-refractivity contribution is 5.30. The van der Waals surface area contributed by atoms with Gasteiger partial charge in [-0.2, -0.15) is 0 Å². The molecule has 0 aromatic heterocycles. The fourth-order valence-electron chi connectivity index (χ4n) is 2.29. The first kappa shape index (κ1) is 13.1. The zero-order valence-electron chi connectivity index (χ0n) is 10.8. The second-order valence-electron chi connectivity index (χ2n) is 4.61. The summed E-state index contributed by atoms with van der Waals surface area (Å²) in [4.78, 5) is 0. The Morgan fingerprint density at radius 1 is 1.39 bits per heavy atom. The Kier molecular flexibility index (Phi) is 4.76. The van der Waals surface area contributed by atoms with Gasteiger partial charge in [-0.1, -0.05) is 23.8 Å². The minimum atomic E-state index is -0.257. The van der Waals surface area contributed by atoms with Gasteiger partial charge in [0.1, 0.15) is 0 Å². The lowest BCUT2D eigenvalue weighted by Crippen LogP contribution is -2.16. The van der Waals surface area contributed by atoms with Crippen molar-refractivity contribution in [1.29, 1.82) is 0 Å². The summed E-state index contributed by atoms with van der Waals surface area (Å²) in [6, 6.07) is 5.25. The maximum atomic E-state index is 13.8. The summed E-state index contributed by atoms with van der Waals surface area (Å²) < 4.78 is 18.8. The molecule has 0 radical (unpaired) electrons. The Morgan fingerprint density at radius 2 is 2.28 bits per heavy atom. The number of halogens is 1. The molecule has 1 aromatic carbocycles. The summed E-state index contributed by atoms with van der Waals surface area (Å²) in [5.41, 5.74) is 2.20. The summed E-state index contributed by atoms with van der Waals surface area (Å²) in [5.74, 6) is 0.0559. The molecule has 0 unspecified atom stereocenters. The van der Waals surface area contributed by atoms with Crippen LogP contribution >= 0.6 is 0 Å². The molecule has 1 aromatic rings. The van der Waals surface area contributed by atoms with Gasteiger partial charge in [0.2, 0.25) is 0 Å². The van der Waals surface area contributed by atoms with Crippen molar-refractivity contribution in [2.45, 2.75) is 32.2 Å². The lowest BCUT2D eigenvalue weighted by atomic mass is 10.1. The SMILES string of the molecule is COc1cccc(CNCCC2=CCCC2)c1F. The van der Waals surface area contributed by atoms with Gasteiger partial charge in [0.25, 0.3) is 0 Å². The molecule has 0 aliphatic heterocycles. The van der Waals surface area contributed by atoms with Crippen molar-refractivity contribution in [3.05, 3.63) is 41.2 Å². The number of benzene rings is 1. The maximum Gasteiger partial charge on any atom is 0.169 e. The second-order valence-corrected chi connectivity index (χ2v) is 4.61. The van der Waals surface area contributed by atoms with Gasteiger partial charge in [0, 0.05) is 12.1 Å². The van der Waals surface area contributed by atoms with Crippen molar-refractivity contribution in [2.24, 2.45) is 0 Å². The molecule has 0 fully saturated rings. The number of methoxy groups -OCH3 is 1. The van der Waals surface area contributed by atoms with E-state index in [-0.39, 0.29) is 5.82 Å². The molecule has 2 nitrogen and oxygen atoms in total. The van der Waals surface area contributed by atoms with E-state index in [0.29, 0.717) is 17.9 Å². The normalized spacial score (nSPS) is 14.7. The summed E-state index contributed by atoms with van der Waals surface area (Å²) in [5, 5.41) is 3.28. The molecule has 18 heavy (non-hydrogen) atoms. The molecule has 98 valence electrons. The quantitative estimate of drug-likeness (QED) is 0.616. The average Bonchev–Trinajstić information content (AvgIpc) is 2.89. The van der Waals surface area contributed by atoms with Crippen LogP contribution in [0.5, 0.6) is 5.75 Å². The first-order valence-corrected chi connectivity index (χ1v) is 6.51. The average molecular weight is 249 g/mol. The van der Waals surface area contributed by atoms with Crippen molar-refractivity contribution >= 4 is 0 Å². The molecule has 0 heterocycles. The first-order chi connectivity index (χ1) is 8.81. The van der Waals surface area contributed by atoms with Gasteiger partial charge >= 0.3 is 0 Å². The minimum Gasteiger partial charge on any atom is -0.494 e. The van der Waals surface area contributed by atoms with Gasteiger partial charge in [-0.3, -0.25) is 0 Å². The lowest BCUT2D eigenvalue weighted by molar-refractivity contribution is 0.383. The van der Waals surface area contributed by atoms with Gasteiger partial charge < -0.3 is 10.1 Å². The number of rotatable bonds is 6. The van der Waals surface area contributed by atoms with Crippen LogP contribution < -0.4 is 10.1 Å². The third-order valence-corrected chi connectivity index (χ3v) is 3.34. The Labute approximate surface area is 108 Å². The highest BCUT2D eigenvalue weighted by atomic mass is 19.1. The Morgan fingerprint density at radius 3 is 3.00 bits per heavy atom. The molecule has 3 heteroatoms. The van der Waals surface area contributed by atoms with E-state index in [1.165, 1.54) is 31.9 Å². The van der Waals surface area contributed by atoms with Crippen LogP contribution in [0, 0.1) is 5.82 Å². The molecule has 0 saturated heterocycles. The minimum absolute atomic E-state index is 0.257. The number of nitrogens with one attached hydrogen (secondary N) is 1. The van der Waals surface area contributed by atoms with Crippen molar-refractivity contribution in [2.75, 3.05) is 13.7 Å². The van der Waals surface area contributed by atoms with E-state index in [1.54, 1.807) is 12.1 Å². The fraction of sp³-hybridized carbons (Fsp3) is 0.467. The van der Waals surface area contributed by atoms with E-state index in [1.807, 2.05) is 6.07 Å². The zero-order chi connectivity index (χ0) is 12.8. The van der Waals surface area contributed by atoms with E-state index in [4.69, 9.17) is 4.74 Å². The summed E-state index contributed by atoms with van der Waals surface area (Å²) in [7, 11) is 1.49. The summed E-state index contributed by atoms with van der Waals surface area (Å²) >= 11 is 0. The van der Waals surface area contributed by atoms with Crippen molar-refractivity contribution in [3.8, 4) is 5.75 Å². The van der Waals surface area contributed by atoms with Gasteiger partial charge in [0.05, 0.1) is 7.11 Å². The van der Waals surface area contributed by atoms with Crippen LogP contribution in [0.15, 0.2) is 29.8 Å². The number of allylic oxidation sites excluding steroid dienone is 1. The highest BCUT2D eigenvalue weighted by Gasteiger charge is 2.08. The maximum absolute atomic E-state index is 13.8. The molecule has 0 spiro atoms. The molecular formula is C15H20FNO. The van der Waals surface area contributed by atoms with Crippen LogP contribution in [0.4, 0.5) is 4.39 Å².